The summed E-state index contributed by atoms with van der Waals surface area (Å²) in [5, 5.41) is 7.28. The molecule has 1 saturated heterocycles. The van der Waals surface area contributed by atoms with E-state index >= 15 is 0 Å². The van der Waals surface area contributed by atoms with E-state index in [9.17, 15) is 9.59 Å². The van der Waals surface area contributed by atoms with Crippen molar-refractivity contribution in [3.63, 3.8) is 0 Å². The van der Waals surface area contributed by atoms with Gasteiger partial charge in [-0.05, 0) is 67.2 Å². The van der Waals surface area contributed by atoms with Gasteiger partial charge < -0.3 is 20.3 Å². The molecule has 9 nitrogen and oxygen atoms in total. The van der Waals surface area contributed by atoms with Crippen LogP contribution in [0.3, 0.4) is 0 Å². The molecule has 0 bridgehead atoms. The summed E-state index contributed by atoms with van der Waals surface area (Å²) in [5.41, 5.74) is 3.51. The molecule has 2 amide bonds. The van der Waals surface area contributed by atoms with Crippen LogP contribution in [0.5, 0.6) is 5.88 Å². The molecule has 0 spiro atoms. The third kappa shape index (κ3) is 5.41. The minimum Gasteiger partial charge on any atom is -0.455 e. The van der Waals surface area contributed by atoms with Gasteiger partial charge in [0.1, 0.15) is 5.56 Å². The quantitative estimate of drug-likeness (QED) is 0.458. The van der Waals surface area contributed by atoms with Gasteiger partial charge in [-0.25, -0.2) is 4.98 Å². The predicted molar refractivity (Wildman–Crippen MR) is 148 cm³/mol. The highest BCUT2D eigenvalue weighted by molar-refractivity contribution is 6.40. The number of aromatic nitrogens is 2. The minimum atomic E-state index is -0.358. The van der Waals surface area contributed by atoms with Gasteiger partial charge in [-0.2, -0.15) is 4.98 Å². The first-order valence-corrected chi connectivity index (χ1v) is 13.1. The Morgan fingerprint density at radius 3 is 2.63 bits per heavy atom. The Morgan fingerprint density at radius 2 is 1.92 bits per heavy atom. The van der Waals surface area contributed by atoms with E-state index in [0.717, 1.165) is 37.2 Å². The van der Waals surface area contributed by atoms with Crippen molar-refractivity contribution in [2.75, 3.05) is 44.1 Å². The van der Waals surface area contributed by atoms with Gasteiger partial charge in [-0.15, -0.1) is 0 Å². The van der Waals surface area contributed by atoms with Crippen molar-refractivity contribution in [3.05, 3.63) is 69.3 Å². The standard InChI is InChI=1S/C27H28Cl2N6O3/c1-34(2)23(36)13-17-12-18(6-7-19(17)16-8-10-30-11-9-16)32-27-31-14-20-25(33-27)38-15-35(26(20)37)24-21(28)4-3-5-22(24)29/h3-7,12,14,16,30H,8-11,13,15H2,1-2H3,(H,31,32,33). The Kier molecular flexibility index (Phi) is 7.69. The van der Waals surface area contributed by atoms with Crippen molar-refractivity contribution in [1.29, 1.82) is 0 Å². The van der Waals surface area contributed by atoms with Gasteiger partial charge in [0.2, 0.25) is 17.7 Å². The lowest BCUT2D eigenvalue weighted by Crippen LogP contribution is -2.39. The second-order valence-corrected chi connectivity index (χ2v) is 10.3. The fraction of sp³-hybridized carbons (Fsp3) is 0.333. The number of carbonyl (C=O) groups is 2. The number of amides is 2. The summed E-state index contributed by atoms with van der Waals surface area (Å²) in [6, 6.07) is 11.1. The molecule has 38 heavy (non-hydrogen) atoms. The van der Waals surface area contributed by atoms with Crippen molar-refractivity contribution in [2.24, 2.45) is 0 Å². The molecular weight excluding hydrogens is 527 g/mol. The highest BCUT2D eigenvalue weighted by Crippen LogP contribution is 2.37. The Balaban J connectivity index is 1.39. The number of hydrogen-bond acceptors (Lipinski definition) is 7. The number of benzene rings is 2. The van der Waals surface area contributed by atoms with E-state index < -0.39 is 0 Å². The van der Waals surface area contributed by atoms with Gasteiger partial charge in [0.25, 0.3) is 5.91 Å². The number of hydrogen-bond donors (Lipinski definition) is 2. The Bertz CT molecular complexity index is 1360. The number of halogens is 2. The summed E-state index contributed by atoms with van der Waals surface area (Å²) in [6.45, 7) is 1.84. The SMILES string of the molecule is CN(C)C(=O)Cc1cc(Nc2ncc3c(n2)OCN(c2c(Cl)cccc2Cl)C3=O)ccc1C1CCNCC1. The lowest BCUT2D eigenvalue weighted by molar-refractivity contribution is -0.127. The summed E-state index contributed by atoms with van der Waals surface area (Å²) in [5.74, 6) is 0.534. The molecule has 0 atom stereocenters. The van der Waals surface area contributed by atoms with Crippen LogP contribution in [0.2, 0.25) is 10.0 Å². The molecule has 2 aliphatic heterocycles. The summed E-state index contributed by atoms with van der Waals surface area (Å²) in [6.07, 6.45) is 3.80. The van der Waals surface area contributed by atoms with Crippen LogP contribution in [-0.2, 0) is 11.2 Å². The minimum absolute atomic E-state index is 0.0393. The fourth-order valence-electron chi connectivity index (χ4n) is 4.74. The number of ether oxygens (including phenoxy) is 1. The lowest BCUT2D eigenvalue weighted by Gasteiger charge is -2.29. The van der Waals surface area contributed by atoms with Gasteiger partial charge in [-0.3, -0.25) is 14.5 Å². The molecule has 198 valence electrons. The molecule has 3 aromatic rings. The van der Waals surface area contributed by atoms with Crippen LogP contribution in [0.15, 0.2) is 42.6 Å². The number of piperidine rings is 1. The third-order valence-corrected chi connectivity index (χ3v) is 7.40. The van der Waals surface area contributed by atoms with Crippen LogP contribution >= 0.6 is 23.2 Å². The predicted octanol–water partition coefficient (Wildman–Crippen LogP) is 4.62. The Morgan fingerprint density at radius 1 is 1.18 bits per heavy atom. The maximum absolute atomic E-state index is 13.2. The number of nitrogens with zero attached hydrogens (tertiary/aromatic N) is 4. The van der Waals surface area contributed by atoms with Crippen LogP contribution in [0.25, 0.3) is 0 Å². The van der Waals surface area contributed by atoms with Crippen molar-refractivity contribution in [3.8, 4) is 5.88 Å². The summed E-state index contributed by atoms with van der Waals surface area (Å²) >= 11 is 12.6. The van der Waals surface area contributed by atoms with Crippen molar-refractivity contribution < 1.29 is 14.3 Å². The molecule has 3 heterocycles. The largest absolute Gasteiger partial charge is 0.455 e. The highest BCUT2D eigenvalue weighted by atomic mass is 35.5. The molecule has 11 heteroatoms. The molecule has 5 rings (SSSR count). The van der Waals surface area contributed by atoms with E-state index in [1.54, 1.807) is 37.2 Å². The normalized spacial score (nSPS) is 15.6. The van der Waals surface area contributed by atoms with E-state index in [1.807, 2.05) is 12.1 Å². The molecule has 2 aliphatic rings. The summed E-state index contributed by atoms with van der Waals surface area (Å²) in [4.78, 5) is 37.5. The average molecular weight is 555 g/mol. The zero-order valence-electron chi connectivity index (χ0n) is 21.1. The molecule has 0 radical (unpaired) electrons. The molecule has 0 saturated carbocycles. The first kappa shape index (κ1) is 26.2. The number of fused-ring (bicyclic) bond motifs is 1. The first-order chi connectivity index (χ1) is 18.3. The first-order valence-electron chi connectivity index (χ1n) is 12.4. The second-order valence-electron chi connectivity index (χ2n) is 9.52. The Labute approximate surface area is 231 Å². The molecule has 0 aliphatic carbocycles. The van der Waals surface area contributed by atoms with Gasteiger partial charge in [0, 0.05) is 26.0 Å². The van der Waals surface area contributed by atoms with Gasteiger partial charge in [0.05, 0.1) is 22.2 Å². The number of nitrogens with one attached hydrogen (secondary N) is 2. The Hall–Kier alpha value is -3.40. The third-order valence-electron chi connectivity index (χ3n) is 6.79. The number of likely N-dealkylation sites (N-methyl/N-ethyl adjacent to an activating group) is 1. The zero-order chi connectivity index (χ0) is 26.8. The number of carbonyl (C=O) groups excluding carboxylic acids is 2. The second kappa shape index (κ2) is 11.1. The average Bonchev–Trinajstić information content (AvgIpc) is 2.90. The van der Waals surface area contributed by atoms with E-state index in [1.165, 1.54) is 16.7 Å². The van der Waals surface area contributed by atoms with Gasteiger partial charge in [0.15, 0.2) is 6.73 Å². The smallest absolute Gasteiger partial charge is 0.268 e. The number of rotatable bonds is 6. The maximum Gasteiger partial charge on any atom is 0.268 e. The molecule has 0 unspecified atom stereocenters. The van der Waals surface area contributed by atoms with E-state index in [2.05, 4.69) is 26.7 Å². The number of para-hydroxylation sites is 1. The van der Waals surface area contributed by atoms with E-state index in [4.69, 9.17) is 27.9 Å². The van der Waals surface area contributed by atoms with Crippen LogP contribution in [0, 0.1) is 0 Å². The summed E-state index contributed by atoms with van der Waals surface area (Å²) in [7, 11) is 3.52. The molecule has 1 fully saturated rings. The molecule has 2 N–H and O–H groups in total. The zero-order valence-corrected chi connectivity index (χ0v) is 22.6. The van der Waals surface area contributed by atoms with Crippen molar-refractivity contribution >= 4 is 52.3 Å². The van der Waals surface area contributed by atoms with Crippen LogP contribution in [0.4, 0.5) is 17.3 Å². The van der Waals surface area contributed by atoms with Crippen molar-refractivity contribution in [2.45, 2.75) is 25.2 Å². The fourth-order valence-corrected chi connectivity index (χ4v) is 5.35. The molecule has 2 aromatic carbocycles. The lowest BCUT2D eigenvalue weighted by atomic mass is 9.86. The van der Waals surface area contributed by atoms with E-state index in [0.29, 0.717) is 28.1 Å². The van der Waals surface area contributed by atoms with Crippen LogP contribution in [-0.4, -0.2) is 60.6 Å². The maximum atomic E-state index is 13.2. The highest BCUT2D eigenvalue weighted by Gasteiger charge is 2.31. The topological polar surface area (TPSA) is 99.7 Å². The summed E-state index contributed by atoms with van der Waals surface area (Å²) < 4.78 is 5.79. The van der Waals surface area contributed by atoms with Gasteiger partial charge in [-0.1, -0.05) is 35.3 Å². The monoisotopic (exact) mass is 554 g/mol. The van der Waals surface area contributed by atoms with E-state index in [-0.39, 0.29) is 35.9 Å². The van der Waals surface area contributed by atoms with Crippen LogP contribution in [0.1, 0.15) is 40.2 Å². The molecular formula is C27H28Cl2N6O3. The molecule has 1 aromatic heterocycles. The van der Waals surface area contributed by atoms with Crippen molar-refractivity contribution in [1.82, 2.24) is 20.2 Å². The number of anilines is 3. The van der Waals surface area contributed by atoms with Crippen LogP contribution < -0.4 is 20.3 Å². The van der Waals surface area contributed by atoms with Gasteiger partial charge >= 0.3 is 0 Å².